The fourth-order valence-electron chi connectivity index (χ4n) is 3.40. The summed E-state index contributed by atoms with van der Waals surface area (Å²) in [6.07, 6.45) is 1.55. The minimum absolute atomic E-state index is 0.0224. The number of rotatable bonds is 7. The van der Waals surface area contributed by atoms with Crippen molar-refractivity contribution in [3.63, 3.8) is 0 Å². The molecule has 1 aliphatic rings. The van der Waals surface area contributed by atoms with Gasteiger partial charge in [0.05, 0.1) is 15.6 Å². The maximum Gasteiger partial charge on any atom is 0.363 e. The summed E-state index contributed by atoms with van der Waals surface area (Å²) >= 11 is 8.00. The van der Waals surface area contributed by atoms with Crippen molar-refractivity contribution in [3.05, 3.63) is 101 Å². The molecule has 0 unspecified atom stereocenters. The Hall–Kier alpha value is -3.44. The van der Waals surface area contributed by atoms with Gasteiger partial charge in [-0.05, 0) is 71.0 Å². The second-order valence-corrected chi connectivity index (χ2v) is 9.14. The van der Waals surface area contributed by atoms with Crippen molar-refractivity contribution in [2.45, 2.75) is 13.5 Å². The van der Waals surface area contributed by atoms with E-state index in [1.54, 1.807) is 12.1 Å². The highest BCUT2D eigenvalue weighted by Crippen LogP contribution is 2.36. The molecule has 4 rings (SSSR count). The van der Waals surface area contributed by atoms with Crippen molar-refractivity contribution in [2.24, 2.45) is 4.99 Å². The normalized spacial score (nSPS) is 14.0. The molecule has 0 saturated heterocycles. The number of carbonyl (C=O) groups is 1. The average Bonchev–Trinajstić information content (AvgIpc) is 3.18. The number of hydrogen-bond acceptors (Lipinski definition) is 7. The Morgan fingerprint density at radius 2 is 2.00 bits per heavy atom. The molecule has 1 aliphatic heterocycles. The van der Waals surface area contributed by atoms with E-state index >= 15 is 0 Å². The Kier molecular flexibility index (Phi) is 7.37. The molecule has 1 heterocycles. The molecule has 0 bridgehead atoms. The van der Waals surface area contributed by atoms with Crippen molar-refractivity contribution in [1.29, 1.82) is 0 Å². The fourth-order valence-corrected chi connectivity index (χ4v) is 4.36. The molecule has 0 atom stereocenters. The molecule has 35 heavy (non-hydrogen) atoms. The summed E-state index contributed by atoms with van der Waals surface area (Å²) in [6.45, 7) is 2.40. The third-order valence-electron chi connectivity index (χ3n) is 5.03. The first-order chi connectivity index (χ1) is 16.7. The van der Waals surface area contributed by atoms with Gasteiger partial charge in [0.25, 0.3) is 5.69 Å². The number of hydrogen-bond donors (Lipinski definition) is 0. The molecule has 0 radical (unpaired) electrons. The molecule has 0 saturated carbocycles. The molecular weight excluding hydrogens is 587 g/mol. The summed E-state index contributed by atoms with van der Waals surface area (Å²) in [4.78, 5) is 27.2. The minimum Gasteiger partial charge on any atom is -0.493 e. The molecule has 0 aromatic heterocycles. The molecular formula is C25H18ClIN2O6. The summed E-state index contributed by atoms with van der Waals surface area (Å²) in [5, 5.41) is 11.1. The Morgan fingerprint density at radius 1 is 1.20 bits per heavy atom. The quantitative estimate of drug-likeness (QED) is 0.106. The lowest BCUT2D eigenvalue weighted by Gasteiger charge is -2.14. The largest absolute Gasteiger partial charge is 0.493 e. The van der Waals surface area contributed by atoms with E-state index in [0.717, 1.165) is 14.7 Å². The number of ether oxygens (including phenoxy) is 3. The second kappa shape index (κ2) is 10.4. The predicted molar refractivity (Wildman–Crippen MR) is 140 cm³/mol. The van der Waals surface area contributed by atoms with Crippen LogP contribution in [0.25, 0.3) is 6.08 Å². The van der Waals surface area contributed by atoms with E-state index in [1.807, 2.05) is 31.2 Å². The van der Waals surface area contributed by atoms with Crippen LogP contribution in [-0.4, -0.2) is 23.9 Å². The molecule has 3 aromatic carbocycles. The molecule has 10 heteroatoms. The average molecular weight is 605 g/mol. The van der Waals surface area contributed by atoms with E-state index in [1.165, 1.54) is 25.3 Å². The fraction of sp³-hybridized carbons (Fsp3) is 0.120. The van der Waals surface area contributed by atoms with Crippen molar-refractivity contribution in [3.8, 4) is 11.5 Å². The molecule has 0 aliphatic carbocycles. The number of methoxy groups -OCH3 is 1. The van der Waals surface area contributed by atoms with Gasteiger partial charge in [0, 0.05) is 11.6 Å². The highest BCUT2D eigenvalue weighted by atomic mass is 127. The summed E-state index contributed by atoms with van der Waals surface area (Å²) in [6, 6.07) is 15.7. The van der Waals surface area contributed by atoms with Gasteiger partial charge in [-0.15, -0.1) is 0 Å². The SMILES string of the molecule is COc1cc(/C=C2\N=C(c3ccc(Cl)c([N+](=O)[O-])c3)OC2=O)cc(I)c1OCc1cccc(C)c1. The van der Waals surface area contributed by atoms with Crippen LogP contribution in [0.2, 0.25) is 5.02 Å². The highest BCUT2D eigenvalue weighted by molar-refractivity contribution is 14.1. The smallest absolute Gasteiger partial charge is 0.363 e. The Bertz CT molecular complexity index is 1400. The molecule has 0 spiro atoms. The molecule has 178 valence electrons. The number of halogens is 2. The van der Waals surface area contributed by atoms with Gasteiger partial charge in [-0.1, -0.05) is 41.4 Å². The topological polar surface area (TPSA) is 100 Å². The van der Waals surface area contributed by atoms with Crippen molar-refractivity contribution in [1.82, 2.24) is 0 Å². The predicted octanol–water partition coefficient (Wildman–Crippen LogP) is 6.09. The zero-order chi connectivity index (χ0) is 25.1. The number of aliphatic imine (C=N–C) groups is 1. The van der Waals surface area contributed by atoms with Gasteiger partial charge in [-0.2, -0.15) is 0 Å². The van der Waals surface area contributed by atoms with Gasteiger partial charge in [0.2, 0.25) is 5.90 Å². The first-order valence-corrected chi connectivity index (χ1v) is 11.7. The van der Waals surface area contributed by atoms with Gasteiger partial charge in [-0.25, -0.2) is 9.79 Å². The second-order valence-electron chi connectivity index (χ2n) is 7.57. The van der Waals surface area contributed by atoms with Crippen LogP contribution in [0.15, 0.2) is 65.3 Å². The molecule has 0 fully saturated rings. The maximum atomic E-state index is 12.4. The van der Waals surface area contributed by atoms with Gasteiger partial charge in [0.15, 0.2) is 17.2 Å². The number of benzene rings is 3. The number of nitro groups is 1. The Morgan fingerprint density at radius 3 is 2.71 bits per heavy atom. The van der Waals surface area contributed by atoms with Crippen LogP contribution in [0.4, 0.5) is 5.69 Å². The standard InChI is InChI=1S/C25H18ClIN2O6/c1-14-4-3-5-15(8-14)13-34-23-19(27)9-16(11-22(23)33-2)10-20-25(30)35-24(28-20)17-6-7-18(26)21(12-17)29(31)32/h3-12H,13H2,1-2H3/b20-10-. The molecule has 3 aromatic rings. The summed E-state index contributed by atoms with van der Waals surface area (Å²) in [5.74, 6) is 0.371. The lowest BCUT2D eigenvalue weighted by molar-refractivity contribution is -0.384. The van der Waals surface area contributed by atoms with Crippen molar-refractivity contribution >= 4 is 57.8 Å². The van der Waals surface area contributed by atoms with Crippen LogP contribution in [0.5, 0.6) is 11.5 Å². The van der Waals surface area contributed by atoms with E-state index < -0.39 is 10.9 Å². The van der Waals surface area contributed by atoms with E-state index in [2.05, 4.69) is 33.6 Å². The van der Waals surface area contributed by atoms with Crippen LogP contribution < -0.4 is 9.47 Å². The number of nitro benzene ring substituents is 1. The lowest BCUT2D eigenvalue weighted by Crippen LogP contribution is -2.06. The van der Waals surface area contributed by atoms with Gasteiger partial charge in [0.1, 0.15) is 11.6 Å². The third-order valence-corrected chi connectivity index (χ3v) is 6.15. The number of cyclic esters (lactones) is 1. The summed E-state index contributed by atoms with van der Waals surface area (Å²) in [7, 11) is 1.54. The van der Waals surface area contributed by atoms with E-state index in [9.17, 15) is 14.9 Å². The van der Waals surface area contributed by atoms with Crippen molar-refractivity contribution < 1.29 is 23.9 Å². The first kappa shape index (κ1) is 24.7. The highest BCUT2D eigenvalue weighted by Gasteiger charge is 2.26. The minimum atomic E-state index is -0.675. The monoisotopic (exact) mass is 604 g/mol. The van der Waals surface area contributed by atoms with Crippen LogP contribution in [-0.2, 0) is 16.1 Å². The molecule has 0 N–H and O–H groups in total. The van der Waals surface area contributed by atoms with Crippen molar-refractivity contribution in [2.75, 3.05) is 7.11 Å². The van der Waals surface area contributed by atoms with Gasteiger partial charge < -0.3 is 14.2 Å². The third kappa shape index (κ3) is 5.63. The van der Waals surface area contributed by atoms with Crippen LogP contribution >= 0.6 is 34.2 Å². The summed E-state index contributed by atoms with van der Waals surface area (Å²) in [5.41, 5.74) is 2.83. The number of nitrogens with zero attached hydrogens (tertiary/aromatic N) is 2. The Balaban J connectivity index is 1.61. The van der Waals surface area contributed by atoms with Gasteiger partial charge >= 0.3 is 5.97 Å². The van der Waals surface area contributed by atoms with Gasteiger partial charge in [-0.3, -0.25) is 10.1 Å². The van der Waals surface area contributed by atoms with Crippen LogP contribution in [0.3, 0.4) is 0 Å². The molecule has 0 amide bonds. The van der Waals surface area contributed by atoms with Crippen LogP contribution in [0.1, 0.15) is 22.3 Å². The number of carbonyl (C=O) groups excluding carboxylic acids is 1. The zero-order valence-corrected chi connectivity index (χ0v) is 21.5. The summed E-state index contributed by atoms with van der Waals surface area (Å²) < 4.78 is 17.6. The molecule has 8 nitrogen and oxygen atoms in total. The number of esters is 1. The van der Waals surface area contributed by atoms with E-state index in [4.69, 9.17) is 25.8 Å². The Labute approximate surface area is 219 Å². The number of aryl methyl sites for hydroxylation is 1. The lowest BCUT2D eigenvalue weighted by atomic mass is 10.1. The first-order valence-electron chi connectivity index (χ1n) is 10.3. The van der Waals surface area contributed by atoms with E-state index in [0.29, 0.717) is 23.7 Å². The maximum absolute atomic E-state index is 12.4. The van der Waals surface area contributed by atoms with E-state index in [-0.39, 0.29) is 27.9 Å². The zero-order valence-electron chi connectivity index (χ0n) is 18.6. The van der Waals surface area contributed by atoms with Crippen LogP contribution in [0, 0.1) is 20.6 Å².